The Bertz CT molecular complexity index is 553. The number of amides is 1. The van der Waals surface area contributed by atoms with Crippen LogP contribution in [0.15, 0.2) is 30.4 Å². The second-order valence-corrected chi connectivity index (χ2v) is 6.09. The van der Waals surface area contributed by atoms with Crippen molar-refractivity contribution in [3.8, 4) is 0 Å². The molecule has 1 amide bonds. The van der Waals surface area contributed by atoms with E-state index in [0.29, 0.717) is 11.3 Å². The van der Waals surface area contributed by atoms with Gasteiger partial charge in [0, 0.05) is 11.3 Å². The first-order valence-electron chi connectivity index (χ1n) is 6.94. The second-order valence-electron chi connectivity index (χ2n) is 6.09. The third-order valence-corrected chi connectivity index (χ3v) is 2.80. The van der Waals surface area contributed by atoms with Crippen molar-refractivity contribution >= 4 is 11.8 Å². The number of hydrogen-bond acceptors (Lipinski definition) is 4. The lowest BCUT2D eigenvalue weighted by atomic mass is 9.99. The molecule has 122 valence electrons. The highest BCUT2D eigenvalue weighted by Crippen LogP contribution is 2.25. The van der Waals surface area contributed by atoms with Gasteiger partial charge in [0.2, 0.25) is 0 Å². The van der Waals surface area contributed by atoms with Crippen LogP contribution in [0, 0.1) is 5.82 Å². The van der Waals surface area contributed by atoms with E-state index in [-0.39, 0.29) is 18.6 Å². The lowest BCUT2D eigenvalue weighted by Crippen LogP contribution is -2.35. The summed E-state index contributed by atoms with van der Waals surface area (Å²) in [5.41, 5.74) is 6.07. The summed E-state index contributed by atoms with van der Waals surface area (Å²) in [6, 6.07) is 3.39. The van der Waals surface area contributed by atoms with Gasteiger partial charge >= 0.3 is 6.09 Å². The van der Waals surface area contributed by atoms with Crippen molar-refractivity contribution in [3.63, 3.8) is 0 Å². The van der Waals surface area contributed by atoms with Crippen LogP contribution in [0.4, 0.5) is 14.9 Å². The summed E-state index contributed by atoms with van der Waals surface area (Å²) in [6.07, 6.45) is -0.499. The van der Waals surface area contributed by atoms with Crippen molar-refractivity contribution < 1.29 is 19.0 Å². The number of carbonyl (C=O) groups excluding carboxylic acids is 1. The van der Waals surface area contributed by atoms with E-state index in [1.54, 1.807) is 20.8 Å². The van der Waals surface area contributed by atoms with Crippen molar-refractivity contribution in [2.75, 3.05) is 12.3 Å². The average Bonchev–Trinajstić information content (AvgIpc) is 2.38. The number of carbonyl (C=O) groups is 1. The van der Waals surface area contributed by atoms with Crippen LogP contribution in [-0.2, 0) is 4.74 Å². The van der Waals surface area contributed by atoms with Gasteiger partial charge in [-0.15, -0.1) is 0 Å². The molecule has 0 heterocycles. The number of nitrogen functional groups attached to an aromatic ring is 1. The summed E-state index contributed by atoms with van der Waals surface area (Å²) in [7, 11) is 0. The molecule has 0 aliphatic heterocycles. The molecule has 1 aromatic carbocycles. The van der Waals surface area contributed by atoms with Gasteiger partial charge in [-0.25, -0.2) is 9.18 Å². The maximum Gasteiger partial charge on any atom is 0.408 e. The first kappa shape index (κ1) is 18.0. The maximum absolute atomic E-state index is 14.0. The predicted octanol–water partition coefficient (Wildman–Crippen LogP) is 2.91. The van der Waals surface area contributed by atoms with Gasteiger partial charge in [0.05, 0.1) is 12.6 Å². The number of anilines is 1. The van der Waals surface area contributed by atoms with E-state index in [1.165, 1.54) is 18.2 Å². The van der Waals surface area contributed by atoms with Gasteiger partial charge in [0.15, 0.2) is 0 Å². The van der Waals surface area contributed by atoms with E-state index in [9.17, 15) is 9.18 Å². The molecule has 1 aromatic rings. The minimum atomic E-state index is -0.724. The van der Waals surface area contributed by atoms with Crippen LogP contribution in [0.25, 0.3) is 0 Å². The van der Waals surface area contributed by atoms with E-state index in [0.717, 1.165) is 0 Å². The zero-order chi connectivity index (χ0) is 16.9. The summed E-state index contributed by atoms with van der Waals surface area (Å²) in [6.45, 7) is 8.62. The number of nitrogens with one attached hydrogen (secondary N) is 1. The molecule has 1 rings (SSSR count). The normalized spacial score (nSPS) is 12.6. The fraction of sp³-hybridized carbons (Fsp3) is 0.438. The summed E-state index contributed by atoms with van der Waals surface area (Å²) < 4.78 is 19.2. The van der Waals surface area contributed by atoms with Gasteiger partial charge in [-0.3, -0.25) is 0 Å². The van der Waals surface area contributed by atoms with Crippen LogP contribution in [0.2, 0.25) is 0 Å². The highest BCUT2D eigenvalue weighted by Gasteiger charge is 2.23. The van der Waals surface area contributed by atoms with Crippen LogP contribution in [-0.4, -0.2) is 23.4 Å². The monoisotopic (exact) mass is 310 g/mol. The topological polar surface area (TPSA) is 84.6 Å². The molecular weight excluding hydrogens is 287 g/mol. The Hall–Kier alpha value is -2.08. The minimum absolute atomic E-state index is 0.177. The number of nitrogens with two attached hydrogens (primary N) is 1. The number of aliphatic hydroxyl groups is 1. The number of hydrogen-bond donors (Lipinski definition) is 3. The van der Waals surface area contributed by atoms with E-state index in [2.05, 4.69) is 11.9 Å². The summed E-state index contributed by atoms with van der Waals surface area (Å²) in [5.74, 6) is -0.499. The summed E-state index contributed by atoms with van der Waals surface area (Å²) in [5, 5.41) is 11.7. The number of aliphatic hydroxyl groups excluding tert-OH is 1. The molecule has 0 aromatic heterocycles. The Labute approximate surface area is 130 Å². The van der Waals surface area contributed by atoms with E-state index < -0.39 is 23.6 Å². The first-order valence-corrected chi connectivity index (χ1v) is 6.94. The zero-order valence-electron chi connectivity index (χ0n) is 13.1. The van der Waals surface area contributed by atoms with Crippen molar-refractivity contribution in [3.05, 3.63) is 41.7 Å². The Kier molecular flexibility index (Phi) is 5.93. The van der Waals surface area contributed by atoms with Gasteiger partial charge in [0.25, 0.3) is 0 Å². The molecule has 0 aliphatic carbocycles. The van der Waals surface area contributed by atoms with Gasteiger partial charge in [-0.1, -0.05) is 6.58 Å². The van der Waals surface area contributed by atoms with Gasteiger partial charge < -0.3 is 20.9 Å². The van der Waals surface area contributed by atoms with Gasteiger partial charge in [0.1, 0.15) is 11.4 Å². The molecule has 6 heteroatoms. The SMILES string of the molecule is C=C(CO)C[C@H](NC(=O)OC(C)(C)C)c1cc(N)ccc1F. The highest BCUT2D eigenvalue weighted by molar-refractivity contribution is 5.68. The smallest absolute Gasteiger partial charge is 0.408 e. The van der Waals surface area contributed by atoms with Crippen LogP contribution < -0.4 is 11.1 Å². The third kappa shape index (κ3) is 5.73. The fourth-order valence-electron chi connectivity index (χ4n) is 1.87. The van der Waals surface area contributed by atoms with Gasteiger partial charge in [-0.05, 0) is 51.0 Å². The molecule has 22 heavy (non-hydrogen) atoms. The molecule has 0 bridgehead atoms. The Morgan fingerprint density at radius 1 is 1.50 bits per heavy atom. The molecule has 0 fully saturated rings. The van der Waals surface area contributed by atoms with Crippen molar-refractivity contribution in [2.45, 2.75) is 38.8 Å². The standard InChI is InChI=1S/C16H23FN2O3/c1-10(9-20)7-14(19-15(21)22-16(2,3)4)12-8-11(18)5-6-13(12)17/h5-6,8,14,20H,1,7,9,18H2,2-4H3,(H,19,21)/t14-/m0/s1. The number of alkyl carbamates (subject to hydrolysis) is 1. The van der Waals surface area contributed by atoms with Crippen LogP contribution in [0.3, 0.4) is 0 Å². The quantitative estimate of drug-likeness (QED) is 0.576. The molecule has 1 atom stereocenters. The molecule has 0 saturated carbocycles. The number of ether oxygens (including phenoxy) is 1. The lowest BCUT2D eigenvalue weighted by Gasteiger charge is -2.24. The Morgan fingerprint density at radius 2 is 2.14 bits per heavy atom. The van der Waals surface area contributed by atoms with Crippen LogP contribution in [0.1, 0.15) is 38.8 Å². The molecular formula is C16H23FN2O3. The first-order chi connectivity index (χ1) is 10.1. The van der Waals surface area contributed by atoms with E-state index in [1.807, 2.05) is 0 Å². The van der Waals surface area contributed by atoms with E-state index >= 15 is 0 Å². The fourth-order valence-corrected chi connectivity index (χ4v) is 1.87. The Morgan fingerprint density at radius 3 is 2.68 bits per heavy atom. The van der Waals surface area contributed by atoms with Crippen molar-refractivity contribution in [1.29, 1.82) is 0 Å². The predicted molar refractivity (Wildman–Crippen MR) is 83.8 cm³/mol. The minimum Gasteiger partial charge on any atom is -0.444 e. The average molecular weight is 310 g/mol. The molecule has 5 nitrogen and oxygen atoms in total. The van der Waals surface area contributed by atoms with Gasteiger partial charge in [-0.2, -0.15) is 0 Å². The summed E-state index contributed by atoms with van der Waals surface area (Å²) >= 11 is 0. The molecule has 0 radical (unpaired) electrons. The zero-order valence-corrected chi connectivity index (χ0v) is 13.1. The number of halogens is 1. The van der Waals surface area contributed by atoms with E-state index in [4.69, 9.17) is 15.6 Å². The third-order valence-electron chi connectivity index (χ3n) is 2.80. The van der Waals surface area contributed by atoms with Crippen molar-refractivity contribution in [2.24, 2.45) is 0 Å². The molecule has 0 unspecified atom stereocenters. The Balaban J connectivity index is 3.00. The van der Waals surface area contributed by atoms with Crippen LogP contribution >= 0.6 is 0 Å². The second kappa shape index (κ2) is 7.26. The number of rotatable bonds is 5. The van der Waals surface area contributed by atoms with Crippen molar-refractivity contribution in [1.82, 2.24) is 5.32 Å². The lowest BCUT2D eigenvalue weighted by molar-refractivity contribution is 0.0502. The molecule has 0 spiro atoms. The largest absolute Gasteiger partial charge is 0.444 e. The molecule has 0 aliphatic rings. The number of benzene rings is 1. The van der Waals surface area contributed by atoms with Crippen LogP contribution in [0.5, 0.6) is 0 Å². The maximum atomic E-state index is 14.0. The summed E-state index contributed by atoms with van der Waals surface area (Å²) in [4.78, 5) is 11.9. The highest BCUT2D eigenvalue weighted by atomic mass is 19.1. The molecule has 4 N–H and O–H groups in total. The molecule has 0 saturated heterocycles.